The van der Waals surface area contributed by atoms with Gasteiger partial charge in [-0.05, 0) is 75.4 Å². The van der Waals surface area contributed by atoms with E-state index in [-0.39, 0.29) is 0 Å². The Hall–Kier alpha value is -1.95. The molecule has 1 aliphatic carbocycles. The number of rotatable bonds is 4. The van der Waals surface area contributed by atoms with Crippen LogP contribution in [-0.4, -0.2) is 54.7 Å². The van der Waals surface area contributed by atoms with Gasteiger partial charge < -0.3 is 15.5 Å². The van der Waals surface area contributed by atoms with Crippen molar-refractivity contribution in [1.82, 2.24) is 20.5 Å². The van der Waals surface area contributed by atoms with Crippen LogP contribution in [0.25, 0.3) is 0 Å². The van der Waals surface area contributed by atoms with Gasteiger partial charge in [-0.15, -0.1) is 0 Å². The number of aromatic nitrogens is 1. The summed E-state index contributed by atoms with van der Waals surface area (Å²) in [6.45, 7) is 8.80. The van der Waals surface area contributed by atoms with E-state index < -0.39 is 0 Å². The second kappa shape index (κ2) is 8.89. The standard InChI is InChI=1S/C26H37N5/c1-18-15-31(16-19(2)29-18)24-10-5-8-21-14-28-22(13-23(21)24)17-30(3)25-11-4-7-20-9-6-12-27-26(20)25/h5-6,8-10,12,18-19,22,25,28-29H,4,7,11,13-17H2,1-3H3/t18-,19+,22?,25-/m0/s1. The van der Waals surface area contributed by atoms with Crippen molar-refractivity contribution in [3.63, 3.8) is 0 Å². The quantitative estimate of drug-likeness (QED) is 0.796. The molecule has 1 aromatic carbocycles. The number of likely N-dealkylation sites (N-methyl/N-ethyl adjacent to an activating group) is 1. The molecule has 4 atom stereocenters. The van der Waals surface area contributed by atoms with Crippen molar-refractivity contribution in [2.75, 3.05) is 31.6 Å². The predicted octanol–water partition coefficient (Wildman–Crippen LogP) is 3.29. The lowest BCUT2D eigenvalue weighted by Gasteiger charge is -2.41. The van der Waals surface area contributed by atoms with Gasteiger partial charge in [-0.2, -0.15) is 0 Å². The van der Waals surface area contributed by atoms with Gasteiger partial charge in [0.1, 0.15) is 0 Å². The van der Waals surface area contributed by atoms with Gasteiger partial charge in [-0.25, -0.2) is 0 Å². The fourth-order valence-corrected chi connectivity index (χ4v) is 6.03. The fourth-order valence-electron chi connectivity index (χ4n) is 6.03. The average molecular weight is 420 g/mol. The molecule has 166 valence electrons. The SMILES string of the molecule is C[C@@H]1CN(c2cccc3c2CC(CN(C)[C@H]2CCCc4cccnc42)NC3)C[C@H](C)N1. The van der Waals surface area contributed by atoms with Crippen LogP contribution in [0.3, 0.4) is 0 Å². The minimum absolute atomic E-state index is 0.443. The number of nitrogens with zero attached hydrogens (tertiary/aromatic N) is 3. The largest absolute Gasteiger partial charge is 0.368 e. The second-order valence-electron chi connectivity index (χ2n) is 9.97. The Balaban J connectivity index is 1.32. The molecular formula is C26H37N5. The van der Waals surface area contributed by atoms with Crippen LogP contribution in [0.15, 0.2) is 36.5 Å². The van der Waals surface area contributed by atoms with Crippen LogP contribution in [0, 0.1) is 0 Å². The Morgan fingerprint density at radius 2 is 1.90 bits per heavy atom. The maximum atomic E-state index is 4.77. The van der Waals surface area contributed by atoms with Crippen molar-refractivity contribution in [2.45, 2.75) is 70.2 Å². The number of benzene rings is 1. The van der Waals surface area contributed by atoms with Crippen molar-refractivity contribution in [3.8, 4) is 0 Å². The molecule has 1 saturated heterocycles. The van der Waals surface area contributed by atoms with Gasteiger partial charge in [0.2, 0.25) is 0 Å². The zero-order chi connectivity index (χ0) is 21.4. The van der Waals surface area contributed by atoms with E-state index in [0.717, 1.165) is 32.6 Å². The summed E-state index contributed by atoms with van der Waals surface area (Å²) in [7, 11) is 2.29. The minimum atomic E-state index is 0.443. The molecule has 5 rings (SSSR count). The maximum absolute atomic E-state index is 4.77. The molecule has 0 amide bonds. The van der Waals surface area contributed by atoms with Crippen LogP contribution in [0.4, 0.5) is 5.69 Å². The lowest BCUT2D eigenvalue weighted by Crippen LogP contribution is -2.55. The smallest absolute Gasteiger partial charge is 0.0607 e. The maximum Gasteiger partial charge on any atom is 0.0607 e. The van der Waals surface area contributed by atoms with Crippen molar-refractivity contribution < 1.29 is 0 Å². The number of anilines is 1. The topological polar surface area (TPSA) is 43.4 Å². The third-order valence-corrected chi connectivity index (χ3v) is 7.38. The predicted molar refractivity (Wildman–Crippen MR) is 128 cm³/mol. The molecule has 0 spiro atoms. The van der Waals surface area contributed by atoms with Gasteiger partial charge in [-0.1, -0.05) is 18.2 Å². The van der Waals surface area contributed by atoms with Crippen LogP contribution in [-0.2, 0) is 19.4 Å². The van der Waals surface area contributed by atoms with E-state index in [0.29, 0.717) is 24.2 Å². The first kappa shape index (κ1) is 20.9. The molecular weight excluding hydrogens is 382 g/mol. The molecule has 3 aliphatic rings. The van der Waals surface area contributed by atoms with E-state index in [2.05, 4.69) is 71.7 Å². The Kier molecular flexibility index (Phi) is 6.00. The highest BCUT2D eigenvalue weighted by molar-refractivity contribution is 5.58. The molecule has 1 unspecified atom stereocenters. The first-order valence-electron chi connectivity index (χ1n) is 12.1. The number of pyridine rings is 1. The lowest BCUT2D eigenvalue weighted by atomic mass is 9.89. The lowest BCUT2D eigenvalue weighted by molar-refractivity contribution is 0.191. The monoisotopic (exact) mass is 419 g/mol. The van der Waals surface area contributed by atoms with Gasteiger partial charge in [0.15, 0.2) is 0 Å². The van der Waals surface area contributed by atoms with E-state index in [9.17, 15) is 0 Å². The third-order valence-electron chi connectivity index (χ3n) is 7.38. The Labute approximate surface area is 187 Å². The summed E-state index contributed by atoms with van der Waals surface area (Å²) in [4.78, 5) is 9.92. The van der Waals surface area contributed by atoms with Crippen molar-refractivity contribution >= 4 is 5.69 Å². The Morgan fingerprint density at radius 3 is 2.74 bits per heavy atom. The van der Waals surface area contributed by atoms with Gasteiger partial charge in [0, 0.05) is 56.2 Å². The first-order chi connectivity index (χ1) is 15.1. The molecule has 1 fully saturated rings. The van der Waals surface area contributed by atoms with Crippen LogP contribution >= 0.6 is 0 Å². The highest BCUT2D eigenvalue weighted by Gasteiger charge is 2.30. The van der Waals surface area contributed by atoms with Crippen LogP contribution in [0.5, 0.6) is 0 Å². The summed E-state index contributed by atoms with van der Waals surface area (Å²) in [6.07, 6.45) is 6.71. The average Bonchev–Trinajstić information content (AvgIpc) is 2.77. The summed E-state index contributed by atoms with van der Waals surface area (Å²) in [6, 6.07) is 13.2. The highest BCUT2D eigenvalue weighted by atomic mass is 15.2. The van der Waals surface area contributed by atoms with Crippen molar-refractivity contribution in [2.24, 2.45) is 0 Å². The van der Waals surface area contributed by atoms with Gasteiger partial charge >= 0.3 is 0 Å². The van der Waals surface area contributed by atoms with Gasteiger partial charge in [0.05, 0.1) is 11.7 Å². The number of aryl methyl sites for hydroxylation is 1. The minimum Gasteiger partial charge on any atom is -0.368 e. The summed E-state index contributed by atoms with van der Waals surface area (Å²) >= 11 is 0. The fraction of sp³-hybridized carbons (Fsp3) is 0.577. The number of hydrogen-bond donors (Lipinski definition) is 2. The summed E-state index contributed by atoms with van der Waals surface area (Å²) in [5.74, 6) is 0. The first-order valence-corrected chi connectivity index (χ1v) is 12.1. The van der Waals surface area contributed by atoms with Gasteiger partial charge in [0.25, 0.3) is 0 Å². The van der Waals surface area contributed by atoms with E-state index >= 15 is 0 Å². The molecule has 31 heavy (non-hydrogen) atoms. The molecule has 5 heteroatoms. The second-order valence-corrected chi connectivity index (χ2v) is 9.97. The Bertz CT molecular complexity index is 902. The van der Waals surface area contributed by atoms with E-state index in [1.807, 2.05) is 6.20 Å². The molecule has 0 bridgehead atoms. The molecule has 0 saturated carbocycles. The van der Waals surface area contributed by atoms with E-state index in [1.54, 1.807) is 5.56 Å². The zero-order valence-electron chi connectivity index (χ0n) is 19.3. The highest BCUT2D eigenvalue weighted by Crippen LogP contribution is 2.33. The molecule has 3 heterocycles. The number of piperazine rings is 1. The summed E-state index contributed by atoms with van der Waals surface area (Å²) < 4.78 is 0. The van der Waals surface area contributed by atoms with E-state index in [1.165, 1.54) is 41.8 Å². The molecule has 1 aromatic heterocycles. The van der Waals surface area contributed by atoms with Crippen LogP contribution in [0.1, 0.15) is 55.1 Å². The number of fused-ring (bicyclic) bond motifs is 2. The number of hydrogen-bond acceptors (Lipinski definition) is 5. The van der Waals surface area contributed by atoms with Crippen molar-refractivity contribution in [3.05, 3.63) is 58.9 Å². The normalized spacial score (nSPS) is 28.3. The van der Waals surface area contributed by atoms with Crippen molar-refractivity contribution in [1.29, 1.82) is 0 Å². The zero-order valence-corrected chi connectivity index (χ0v) is 19.3. The van der Waals surface area contributed by atoms with E-state index in [4.69, 9.17) is 4.98 Å². The molecule has 2 aliphatic heterocycles. The van der Waals surface area contributed by atoms with Gasteiger partial charge in [-0.3, -0.25) is 9.88 Å². The molecule has 2 N–H and O–H groups in total. The number of nitrogens with one attached hydrogen (secondary N) is 2. The summed E-state index contributed by atoms with van der Waals surface area (Å²) in [5, 5.41) is 7.50. The Morgan fingerprint density at radius 1 is 1.10 bits per heavy atom. The molecule has 2 aromatic rings. The molecule has 0 radical (unpaired) electrons. The summed E-state index contributed by atoms with van der Waals surface area (Å²) in [5.41, 5.74) is 7.23. The molecule has 5 nitrogen and oxygen atoms in total. The van der Waals surface area contributed by atoms with Crippen LogP contribution in [0.2, 0.25) is 0 Å². The van der Waals surface area contributed by atoms with Crippen LogP contribution < -0.4 is 15.5 Å². The third kappa shape index (κ3) is 4.36.